The normalized spacial score (nSPS) is 12.6. The zero-order chi connectivity index (χ0) is 19.1. The molecule has 0 atom stereocenters. The second-order valence-electron chi connectivity index (χ2n) is 6.79. The van der Waals surface area contributed by atoms with E-state index in [0.29, 0.717) is 5.76 Å². The second-order valence-corrected chi connectivity index (χ2v) is 6.79. The van der Waals surface area contributed by atoms with Gasteiger partial charge in [0, 0.05) is 0 Å². The van der Waals surface area contributed by atoms with Crippen LogP contribution in [0.15, 0.2) is 72.0 Å². The fraction of sp³-hybridized carbons (Fsp3) is 0.280. The third-order valence-corrected chi connectivity index (χ3v) is 4.67. The molecular weight excluding hydrogens is 316 g/mol. The van der Waals surface area contributed by atoms with Gasteiger partial charge in [-0.2, -0.15) is 0 Å². The van der Waals surface area contributed by atoms with Gasteiger partial charge in [0.25, 0.3) is 0 Å². The molecular formula is C25H30O. The number of unbranched alkanes of at least 4 members (excludes halogenated alkanes) is 1. The van der Waals surface area contributed by atoms with Crippen molar-refractivity contribution >= 4 is 27.1 Å². The number of aliphatic hydroxyl groups excluding tert-OH is 1. The van der Waals surface area contributed by atoms with Crippen molar-refractivity contribution in [2.24, 2.45) is 0 Å². The quantitative estimate of drug-likeness (QED) is 0.289. The van der Waals surface area contributed by atoms with Gasteiger partial charge in [-0.05, 0) is 65.1 Å². The van der Waals surface area contributed by atoms with Crippen LogP contribution in [0.5, 0.6) is 0 Å². The average molecular weight is 347 g/mol. The van der Waals surface area contributed by atoms with Crippen molar-refractivity contribution in [3.63, 3.8) is 0 Å². The first kappa shape index (κ1) is 19.8. The number of rotatable bonds is 3. The smallest absolute Gasteiger partial charge is 0.0920 e. The summed E-state index contributed by atoms with van der Waals surface area (Å²) in [5.41, 5.74) is 3.31. The van der Waals surface area contributed by atoms with Crippen LogP contribution in [0.4, 0.5) is 0 Å². The summed E-state index contributed by atoms with van der Waals surface area (Å²) in [6.45, 7) is 10.1. The Balaban J connectivity index is 0.000000552. The van der Waals surface area contributed by atoms with Gasteiger partial charge in [0.1, 0.15) is 0 Å². The Morgan fingerprint density at radius 3 is 1.69 bits per heavy atom. The third-order valence-electron chi connectivity index (χ3n) is 4.67. The zero-order valence-corrected chi connectivity index (χ0v) is 16.6. The summed E-state index contributed by atoms with van der Waals surface area (Å²) < 4.78 is 0. The van der Waals surface area contributed by atoms with Crippen molar-refractivity contribution in [3.8, 4) is 0 Å². The van der Waals surface area contributed by atoms with Gasteiger partial charge in [0.05, 0.1) is 5.76 Å². The van der Waals surface area contributed by atoms with E-state index in [1.807, 2.05) is 6.92 Å². The first-order chi connectivity index (χ1) is 12.5. The number of aliphatic hydroxyl groups is 1. The second kappa shape index (κ2) is 9.24. The Hall–Kier alpha value is -2.54. The molecule has 0 amide bonds. The Labute approximate surface area is 157 Å². The number of hydrogen-bond acceptors (Lipinski definition) is 1. The number of benzene rings is 3. The molecule has 1 N–H and O–H groups in total. The van der Waals surface area contributed by atoms with Gasteiger partial charge in [-0.3, -0.25) is 0 Å². The highest BCUT2D eigenvalue weighted by molar-refractivity contribution is 6.08. The molecule has 136 valence electrons. The molecule has 0 saturated heterocycles. The van der Waals surface area contributed by atoms with Crippen molar-refractivity contribution in [1.29, 1.82) is 0 Å². The predicted molar refractivity (Wildman–Crippen MR) is 117 cm³/mol. The van der Waals surface area contributed by atoms with E-state index in [4.69, 9.17) is 0 Å². The lowest BCUT2D eigenvalue weighted by atomic mass is 9.92. The Kier molecular flexibility index (Phi) is 7.03. The molecule has 0 bridgehead atoms. The summed E-state index contributed by atoms with van der Waals surface area (Å²) in [6, 6.07) is 19.2. The molecule has 0 fully saturated rings. The molecule has 0 spiro atoms. The number of allylic oxidation sites excluding steroid dienone is 4. The molecule has 0 unspecified atom stereocenters. The summed E-state index contributed by atoms with van der Waals surface area (Å²) in [4.78, 5) is 0. The van der Waals surface area contributed by atoms with Gasteiger partial charge in [-0.1, -0.05) is 81.3 Å². The lowest BCUT2D eigenvalue weighted by Gasteiger charge is -2.12. The molecule has 0 radical (unpaired) electrons. The third kappa shape index (κ3) is 4.54. The Morgan fingerprint density at radius 2 is 1.27 bits per heavy atom. The summed E-state index contributed by atoms with van der Waals surface area (Å²) in [6.07, 6.45) is 4.70. The van der Waals surface area contributed by atoms with Gasteiger partial charge < -0.3 is 5.11 Å². The standard InChI is InChI=1S/C21H20O.C4H10/c1-14(16(3)22)12-15(2)21-19-10-6-4-8-17(19)13-18-9-5-7-11-20(18)21;1-3-4-2/h4-13,22H,1-3H3;3-4H2,1-2H3/b15-12+,16-14+;. The van der Waals surface area contributed by atoms with Crippen LogP contribution in [0, 0.1) is 0 Å². The van der Waals surface area contributed by atoms with Crippen LogP contribution in [0.1, 0.15) is 53.0 Å². The lowest BCUT2D eigenvalue weighted by Crippen LogP contribution is -1.89. The average Bonchev–Trinajstić information content (AvgIpc) is 2.65. The van der Waals surface area contributed by atoms with E-state index >= 15 is 0 Å². The minimum Gasteiger partial charge on any atom is -0.512 e. The first-order valence-corrected chi connectivity index (χ1v) is 9.45. The van der Waals surface area contributed by atoms with E-state index in [0.717, 1.165) is 5.57 Å². The van der Waals surface area contributed by atoms with Crippen molar-refractivity contribution in [3.05, 3.63) is 77.6 Å². The van der Waals surface area contributed by atoms with Gasteiger partial charge in [-0.15, -0.1) is 0 Å². The molecule has 0 aromatic heterocycles. The number of fused-ring (bicyclic) bond motifs is 2. The van der Waals surface area contributed by atoms with Gasteiger partial charge >= 0.3 is 0 Å². The SMILES string of the molecule is C/C(=C\C(C)=C(/C)O)c1c2ccccc2cc2ccccc12.CCCC. The van der Waals surface area contributed by atoms with Crippen LogP contribution in [-0.4, -0.2) is 5.11 Å². The molecule has 3 rings (SSSR count). The minimum atomic E-state index is 0.365. The van der Waals surface area contributed by atoms with E-state index in [1.54, 1.807) is 6.92 Å². The summed E-state index contributed by atoms with van der Waals surface area (Å²) in [5, 5.41) is 14.7. The zero-order valence-electron chi connectivity index (χ0n) is 16.6. The maximum atomic E-state index is 9.68. The van der Waals surface area contributed by atoms with Crippen LogP contribution >= 0.6 is 0 Å². The Morgan fingerprint density at radius 1 is 0.808 bits per heavy atom. The topological polar surface area (TPSA) is 20.2 Å². The van der Waals surface area contributed by atoms with E-state index in [2.05, 4.69) is 81.4 Å². The molecule has 3 aromatic carbocycles. The van der Waals surface area contributed by atoms with Crippen LogP contribution in [-0.2, 0) is 0 Å². The maximum Gasteiger partial charge on any atom is 0.0920 e. The monoisotopic (exact) mass is 346 g/mol. The Bertz CT molecular complexity index is 885. The van der Waals surface area contributed by atoms with Crippen LogP contribution in [0.25, 0.3) is 27.1 Å². The molecule has 0 aliphatic rings. The minimum absolute atomic E-state index is 0.365. The fourth-order valence-electron chi connectivity index (χ4n) is 2.94. The van der Waals surface area contributed by atoms with Crippen LogP contribution < -0.4 is 0 Å². The first-order valence-electron chi connectivity index (χ1n) is 9.45. The molecule has 26 heavy (non-hydrogen) atoms. The molecule has 1 nitrogen and oxygen atoms in total. The fourth-order valence-corrected chi connectivity index (χ4v) is 2.94. The van der Waals surface area contributed by atoms with Crippen molar-refractivity contribution in [2.75, 3.05) is 0 Å². The van der Waals surface area contributed by atoms with Crippen molar-refractivity contribution < 1.29 is 5.11 Å². The van der Waals surface area contributed by atoms with Crippen molar-refractivity contribution in [1.82, 2.24) is 0 Å². The van der Waals surface area contributed by atoms with E-state index < -0.39 is 0 Å². The van der Waals surface area contributed by atoms with E-state index in [9.17, 15) is 5.11 Å². The van der Waals surface area contributed by atoms with Gasteiger partial charge in [0.15, 0.2) is 0 Å². The number of hydrogen-bond donors (Lipinski definition) is 1. The molecule has 1 heteroatoms. The predicted octanol–water partition coefficient (Wildman–Crippen LogP) is 8.05. The van der Waals surface area contributed by atoms with E-state index in [-0.39, 0.29) is 0 Å². The molecule has 0 aliphatic carbocycles. The van der Waals surface area contributed by atoms with E-state index in [1.165, 1.54) is 45.5 Å². The highest BCUT2D eigenvalue weighted by Crippen LogP contribution is 2.33. The van der Waals surface area contributed by atoms with Gasteiger partial charge in [-0.25, -0.2) is 0 Å². The highest BCUT2D eigenvalue weighted by Gasteiger charge is 2.09. The summed E-state index contributed by atoms with van der Waals surface area (Å²) in [5.74, 6) is 0.365. The largest absolute Gasteiger partial charge is 0.512 e. The maximum absolute atomic E-state index is 9.68. The van der Waals surface area contributed by atoms with Crippen LogP contribution in [0.3, 0.4) is 0 Å². The lowest BCUT2D eigenvalue weighted by molar-refractivity contribution is 0.409. The summed E-state index contributed by atoms with van der Waals surface area (Å²) in [7, 11) is 0. The molecule has 0 heterocycles. The molecule has 0 aliphatic heterocycles. The molecule has 3 aromatic rings. The molecule has 0 saturated carbocycles. The summed E-state index contributed by atoms with van der Waals surface area (Å²) >= 11 is 0. The highest BCUT2D eigenvalue weighted by atomic mass is 16.3. The van der Waals surface area contributed by atoms with Crippen molar-refractivity contribution in [2.45, 2.75) is 47.5 Å². The van der Waals surface area contributed by atoms with Gasteiger partial charge in [0.2, 0.25) is 0 Å². The van der Waals surface area contributed by atoms with Crippen LogP contribution in [0.2, 0.25) is 0 Å².